The van der Waals surface area contributed by atoms with Gasteiger partial charge < -0.3 is 5.32 Å². The maximum atomic E-state index is 12.5. The number of carbonyl (C=O) groups is 1. The zero-order valence-corrected chi connectivity index (χ0v) is 15.3. The van der Waals surface area contributed by atoms with Crippen LogP contribution in [-0.2, 0) is 6.54 Å². The molecule has 1 amide bonds. The summed E-state index contributed by atoms with van der Waals surface area (Å²) in [4.78, 5) is 22.3. The van der Waals surface area contributed by atoms with E-state index < -0.39 is 0 Å². The average Bonchev–Trinajstić information content (AvgIpc) is 3.28. The second-order valence-electron chi connectivity index (χ2n) is 5.99. The molecule has 0 aliphatic heterocycles. The van der Waals surface area contributed by atoms with Crippen molar-refractivity contribution in [3.63, 3.8) is 0 Å². The van der Waals surface area contributed by atoms with Gasteiger partial charge in [-0.05, 0) is 52.9 Å². The topological polar surface area (TPSA) is 54.9 Å². The summed E-state index contributed by atoms with van der Waals surface area (Å²) < 4.78 is 0. The van der Waals surface area contributed by atoms with Crippen LogP contribution in [0, 0.1) is 0 Å². The van der Waals surface area contributed by atoms with E-state index in [4.69, 9.17) is 0 Å². The molecule has 0 atom stereocenters. The van der Waals surface area contributed by atoms with Crippen LogP contribution in [0.4, 0.5) is 0 Å². The van der Waals surface area contributed by atoms with Crippen LogP contribution >= 0.6 is 11.3 Å². The zero-order chi connectivity index (χ0) is 18.5. The number of nitrogens with one attached hydrogen (secondary N) is 1. The number of pyridine rings is 2. The maximum absolute atomic E-state index is 12.5. The molecule has 4 aromatic rings. The molecule has 0 saturated carbocycles. The molecule has 27 heavy (non-hydrogen) atoms. The van der Waals surface area contributed by atoms with Crippen molar-refractivity contribution in [2.75, 3.05) is 0 Å². The number of benzene rings is 1. The van der Waals surface area contributed by atoms with Crippen LogP contribution in [0.15, 0.2) is 84.6 Å². The average molecular weight is 371 g/mol. The number of hydrogen-bond donors (Lipinski definition) is 1. The van der Waals surface area contributed by atoms with Crippen LogP contribution in [0.3, 0.4) is 0 Å². The van der Waals surface area contributed by atoms with Crippen molar-refractivity contribution in [2.45, 2.75) is 6.54 Å². The highest BCUT2D eigenvalue weighted by Crippen LogP contribution is 2.25. The van der Waals surface area contributed by atoms with Crippen molar-refractivity contribution in [3.8, 4) is 21.7 Å². The first-order valence-corrected chi connectivity index (χ1v) is 9.45. The van der Waals surface area contributed by atoms with Crippen LogP contribution in [-0.4, -0.2) is 15.9 Å². The molecule has 0 radical (unpaired) electrons. The molecule has 0 saturated heterocycles. The van der Waals surface area contributed by atoms with Gasteiger partial charge in [-0.2, -0.15) is 0 Å². The first-order valence-electron chi connectivity index (χ1n) is 8.58. The fourth-order valence-electron chi connectivity index (χ4n) is 2.85. The normalized spacial score (nSPS) is 10.5. The molecule has 0 bridgehead atoms. The summed E-state index contributed by atoms with van der Waals surface area (Å²) in [6.45, 7) is 0.406. The van der Waals surface area contributed by atoms with Gasteiger partial charge in [-0.3, -0.25) is 14.8 Å². The van der Waals surface area contributed by atoms with Crippen molar-refractivity contribution in [3.05, 3.63) is 95.8 Å². The Morgan fingerprint density at radius 2 is 1.78 bits per heavy atom. The minimum atomic E-state index is -0.103. The van der Waals surface area contributed by atoms with Gasteiger partial charge in [0.05, 0.1) is 5.69 Å². The minimum Gasteiger partial charge on any atom is -0.348 e. The highest BCUT2D eigenvalue weighted by atomic mass is 32.1. The summed E-state index contributed by atoms with van der Waals surface area (Å²) in [7, 11) is 0. The maximum Gasteiger partial charge on any atom is 0.251 e. The molecule has 3 aromatic heterocycles. The molecule has 1 aromatic carbocycles. The molecule has 0 aliphatic rings. The SMILES string of the molecule is O=C(NCc1cccnc1-c1cccnc1)c1ccc(-c2cccs2)cc1. The number of hydrogen-bond acceptors (Lipinski definition) is 4. The zero-order valence-electron chi connectivity index (χ0n) is 14.5. The molecule has 1 N–H and O–H groups in total. The predicted molar refractivity (Wildman–Crippen MR) is 108 cm³/mol. The lowest BCUT2D eigenvalue weighted by Gasteiger charge is -2.10. The van der Waals surface area contributed by atoms with E-state index in [-0.39, 0.29) is 5.91 Å². The van der Waals surface area contributed by atoms with Crippen LogP contribution in [0.25, 0.3) is 21.7 Å². The quantitative estimate of drug-likeness (QED) is 0.548. The Bertz CT molecular complexity index is 1030. The van der Waals surface area contributed by atoms with Gasteiger partial charge in [-0.1, -0.05) is 24.3 Å². The van der Waals surface area contributed by atoms with Crippen LogP contribution in [0.2, 0.25) is 0 Å². The lowest BCUT2D eigenvalue weighted by molar-refractivity contribution is 0.0951. The van der Waals surface area contributed by atoms with E-state index in [0.29, 0.717) is 12.1 Å². The number of thiophene rings is 1. The largest absolute Gasteiger partial charge is 0.348 e. The summed E-state index contributed by atoms with van der Waals surface area (Å²) in [5.41, 5.74) is 4.48. The Morgan fingerprint density at radius 3 is 2.52 bits per heavy atom. The Kier molecular flexibility index (Phi) is 5.03. The van der Waals surface area contributed by atoms with Gasteiger partial charge in [-0.15, -0.1) is 11.3 Å². The van der Waals surface area contributed by atoms with Crippen molar-refractivity contribution in [1.82, 2.24) is 15.3 Å². The molecule has 3 heterocycles. The molecular weight excluding hydrogens is 354 g/mol. The van der Waals surface area contributed by atoms with E-state index in [1.54, 1.807) is 29.9 Å². The number of carbonyl (C=O) groups excluding carboxylic acids is 1. The van der Waals surface area contributed by atoms with Crippen LogP contribution in [0.1, 0.15) is 15.9 Å². The molecule has 4 rings (SSSR count). The number of amides is 1. The number of nitrogens with zero attached hydrogens (tertiary/aromatic N) is 2. The summed E-state index contributed by atoms with van der Waals surface area (Å²) in [5.74, 6) is -0.103. The standard InChI is InChI=1S/C22H17N3OS/c26-22(17-9-7-16(8-10-17)20-6-3-13-27-20)25-15-19-5-2-12-24-21(19)18-4-1-11-23-14-18/h1-14H,15H2,(H,25,26). The third-order valence-corrected chi connectivity index (χ3v) is 5.14. The number of rotatable bonds is 5. The van der Waals surface area contributed by atoms with Gasteiger partial charge in [0.15, 0.2) is 0 Å². The van der Waals surface area contributed by atoms with Gasteiger partial charge in [0.25, 0.3) is 5.91 Å². The predicted octanol–water partition coefficient (Wildman–Crippen LogP) is 4.80. The molecule has 0 spiro atoms. The second-order valence-corrected chi connectivity index (χ2v) is 6.94. The lowest BCUT2D eigenvalue weighted by atomic mass is 10.1. The summed E-state index contributed by atoms with van der Waals surface area (Å²) in [6.07, 6.45) is 5.25. The monoisotopic (exact) mass is 371 g/mol. The molecule has 0 unspecified atom stereocenters. The molecule has 5 heteroatoms. The van der Waals surface area contributed by atoms with Crippen LogP contribution in [0.5, 0.6) is 0 Å². The molecular formula is C22H17N3OS. The Balaban J connectivity index is 1.47. The number of aromatic nitrogens is 2. The lowest BCUT2D eigenvalue weighted by Crippen LogP contribution is -2.23. The van der Waals surface area contributed by atoms with E-state index in [2.05, 4.69) is 21.4 Å². The second kappa shape index (κ2) is 7.93. The smallest absolute Gasteiger partial charge is 0.251 e. The third kappa shape index (κ3) is 3.93. The Morgan fingerprint density at radius 1 is 0.926 bits per heavy atom. The van der Waals surface area contributed by atoms with E-state index in [1.807, 2.05) is 60.0 Å². The summed E-state index contributed by atoms with van der Waals surface area (Å²) in [6, 6.07) is 19.4. The fraction of sp³-hybridized carbons (Fsp3) is 0.0455. The Labute approximate surface area is 161 Å². The highest BCUT2D eigenvalue weighted by molar-refractivity contribution is 7.13. The first kappa shape index (κ1) is 17.1. The van der Waals surface area contributed by atoms with Gasteiger partial charge in [0.1, 0.15) is 0 Å². The summed E-state index contributed by atoms with van der Waals surface area (Å²) in [5, 5.41) is 5.03. The van der Waals surface area contributed by atoms with E-state index in [9.17, 15) is 4.79 Å². The fourth-order valence-corrected chi connectivity index (χ4v) is 3.58. The van der Waals surface area contributed by atoms with Gasteiger partial charge in [-0.25, -0.2) is 0 Å². The van der Waals surface area contributed by atoms with Crippen LogP contribution < -0.4 is 5.32 Å². The van der Waals surface area contributed by atoms with Gasteiger partial charge >= 0.3 is 0 Å². The van der Waals surface area contributed by atoms with Crippen molar-refractivity contribution >= 4 is 17.2 Å². The Hall–Kier alpha value is -3.31. The molecule has 0 fully saturated rings. The van der Waals surface area contributed by atoms with Gasteiger partial charge in [0.2, 0.25) is 0 Å². The van der Waals surface area contributed by atoms with Crippen molar-refractivity contribution in [1.29, 1.82) is 0 Å². The minimum absolute atomic E-state index is 0.103. The van der Waals surface area contributed by atoms with E-state index in [0.717, 1.165) is 22.4 Å². The molecule has 132 valence electrons. The third-order valence-electron chi connectivity index (χ3n) is 4.22. The van der Waals surface area contributed by atoms with E-state index in [1.165, 1.54) is 4.88 Å². The van der Waals surface area contributed by atoms with Gasteiger partial charge in [0, 0.05) is 41.1 Å². The molecule has 4 nitrogen and oxygen atoms in total. The van der Waals surface area contributed by atoms with Crippen molar-refractivity contribution in [2.24, 2.45) is 0 Å². The first-order chi connectivity index (χ1) is 13.3. The molecule has 0 aliphatic carbocycles. The van der Waals surface area contributed by atoms with E-state index >= 15 is 0 Å². The highest BCUT2D eigenvalue weighted by Gasteiger charge is 2.10. The summed E-state index contributed by atoms with van der Waals surface area (Å²) >= 11 is 1.68. The van der Waals surface area contributed by atoms with Crippen molar-refractivity contribution < 1.29 is 4.79 Å².